The van der Waals surface area contributed by atoms with Gasteiger partial charge in [-0.15, -0.1) is 0 Å². The maximum absolute atomic E-state index is 13.2. The molecule has 0 fully saturated rings. The molecule has 1 amide bonds. The highest BCUT2D eigenvalue weighted by Gasteiger charge is 2.36. The number of nitrogens with zero attached hydrogens (tertiary/aromatic N) is 2. The molecule has 1 atom stereocenters. The number of carbonyl (C=O) groups is 2. The lowest BCUT2D eigenvalue weighted by atomic mass is 9.85. The molecule has 0 spiro atoms. The third-order valence-electron chi connectivity index (χ3n) is 5.16. The molecule has 6 heteroatoms. The summed E-state index contributed by atoms with van der Waals surface area (Å²) in [5.74, 6) is -0.279. The van der Waals surface area contributed by atoms with E-state index >= 15 is 0 Å². The number of hydrogen-bond donors (Lipinski definition) is 1. The van der Waals surface area contributed by atoms with E-state index in [1.165, 1.54) is 0 Å². The first-order chi connectivity index (χ1) is 13.3. The largest absolute Gasteiger partial charge is 0.310 e. The number of amides is 1. The van der Waals surface area contributed by atoms with E-state index < -0.39 is 5.92 Å². The average molecular weight is 394 g/mol. The molecule has 0 radical (unpaired) electrons. The smallest absolute Gasteiger partial charge is 0.226 e. The number of ketones is 1. The number of aromatic nitrogens is 2. The summed E-state index contributed by atoms with van der Waals surface area (Å²) in [6, 6.07) is 13.0. The standard InChI is InChI=1S/C22H20ClN3O2/c1-12-4-7-15(8-5-12)21(28)17-11-19(27)24-22-20(17)14(3)25-26(22)16-9-6-13(2)18(23)10-16/h4-10,17H,11H2,1-3H3,(H,24,27)/t17-/m1/s1. The Morgan fingerprint density at radius 2 is 1.86 bits per heavy atom. The van der Waals surface area contributed by atoms with Crippen molar-refractivity contribution >= 4 is 29.1 Å². The molecule has 1 aromatic heterocycles. The Bertz CT molecular complexity index is 1100. The monoisotopic (exact) mass is 393 g/mol. The summed E-state index contributed by atoms with van der Waals surface area (Å²) in [5.41, 5.74) is 4.86. The van der Waals surface area contributed by atoms with Crippen molar-refractivity contribution in [1.29, 1.82) is 0 Å². The number of aryl methyl sites for hydroxylation is 3. The number of hydrogen-bond acceptors (Lipinski definition) is 3. The lowest BCUT2D eigenvalue weighted by molar-refractivity contribution is -0.116. The van der Waals surface area contributed by atoms with Crippen molar-refractivity contribution in [3.63, 3.8) is 0 Å². The van der Waals surface area contributed by atoms with Crippen LogP contribution < -0.4 is 5.32 Å². The first-order valence-electron chi connectivity index (χ1n) is 9.12. The van der Waals surface area contributed by atoms with Crippen molar-refractivity contribution in [2.24, 2.45) is 0 Å². The van der Waals surface area contributed by atoms with E-state index in [-0.39, 0.29) is 18.1 Å². The van der Waals surface area contributed by atoms with Crippen LogP contribution in [0.15, 0.2) is 42.5 Å². The molecule has 1 N–H and O–H groups in total. The second-order valence-electron chi connectivity index (χ2n) is 7.23. The van der Waals surface area contributed by atoms with Gasteiger partial charge < -0.3 is 5.32 Å². The lowest BCUT2D eigenvalue weighted by Crippen LogP contribution is -2.28. The number of anilines is 1. The van der Waals surface area contributed by atoms with Gasteiger partial charge in [0, 0.05) is 22.6 Å². The molecule has 2 heterocycles. The van der Waals surface area contributed by atoms with Gasteiger partial charge in [-0.3, -0.25) is 9.59 Å². The van der Waals surface area contributed by atoms with Crippen LogP contribution in [0.3, 0.4) is 0 Å². The number of Topliss-reactive ketones (excluding diaryl/α,β-unsaturated/α-hetero) is 1. The second-order valence-corrected chi connectivity index (χ2v) is 7.64. The van der Waals surface area contributed by atoms with E-state index in [0.717, 1.165) is 28.1 Å². The van der Waals surface area contributed by atoms with Crippen LogP contribution >= 0.6 is 11.6 Å². The first kappa shape index (κ1) is 18.4. The van der Waals surface area contributed by atoms with Crippen LogP contribution in [-0.4, -0.2) is 21.5 Å². The third-order valence-corrected chi connectivity index (χ3v) is 5.56. The minimum Gasteiger partial charge on any atom is -0.310 e. The summed E-state index contributed by atoms with van der Waals surface area (Å²) in [6.45, 7) is 5.76. The van der Waals surface area contributed by atoms with Crippen LogP contribution in [-0.2, 0) is 4.79 Å². The van der Waals surface area contributed by atoms with Gasteiger partial charge in [-0.2, -0.15) is 5.10 Å². The van der Waals surface area contributed by atoms with E-state index in [4.69, 9.17) is 11.6 Å². The van der Waals surface area contributed by atoms with Crippen molar-refractivity contribution < 1.29 is 9.59 Å². The van der Waals surface area contributed by atoms with Gasteiger partial charge in [-0.05, 0) is 38.5 Å². The van der Waals surface area contributed by atoms with Crippen molar-refractivity contribution in [3.05, 3.63) is 75.4 Å². The number of halogens is 1. The normalized spacial score (nSPS) is 15.9. The van der Waals surface area contributed by atoms with E-state index in [0.29, 0.717) is 16.4 Å². The zero-order valence-corrected chi connectivity index (χ0v) is 16.7. The molecule has 0 bridgehead atoms. The molecule has 3 aromatic rings. The zero-order chi connectivity index (χ0) is 20.0. The highest BCUT2D eigenvalue weighted by Crippen LogP contribution is 2.38. The first-order valence-corrected chi connectivity index (χ1v) is 9.49. The lowest BCUT2D eigenvalue weighted by Gasteiger charge is -2.23. The summed E-state index contributed by atoms with van der Waals surface area (Å²) in [6.07, 6.45) is 0.112. The summed E-state index contributed by atoms with van der Waals surface area (Å²) < 4.78 is 1.66. The van der Waals surface area contributed by atoms with Crippen molar-refractivity contribution in [2.45, 2.75) is 33.1 Å². The summed E-state index contributed by atoms with van der Waals surface area (Å²) in [7, 11) is 0. The molecule has 0 unspecified atom stereocenters. The Kier molecular flexibility index (Phi) is 4.55. The number of rotatable bonds is 3. The van der Waals surface area contributed by atoms with Gasteiger partial charge in [-0.1, -0.05) is 47.5 Å². The maximum Gasteiger partial charge on any atom is 0.226 e. The van der Waals surface area contributed by atoms with Crippen LogP contribution in [0.4, 0.5) is 5.82 Å². The minimum atomic E-state index is -0.555. The van der Waals surface area contributed by atoms with Crippen LogP contribution in [0.5, 0.6) is 0 Å². The summed E-state index contributed by atoms with van der Waals surface area (Å²) in [5, 5.41) is 8.11. The third kappa shape index (κ3) is 3.12. The van der Waals surface area contributed by atoms with Crippen LogP contribution in [0, 0.1) is 20.8 Å². The van der Waals surface area contributed by atoms with Gasteiger partial charge in [-0.25, -0.2) is 4.68 Å². The Morgan fingerprint density at radius 3 is 2.54 bits per heavy atom. The highest BCUT2D eigenvalue weighted by atomic mass is 35.5. The molecular formula is C22H20ClN3O2. The van der Waals surface area contributed by atoms with E-state index in [1.54, 1.807) is 10.7 Å². The summed E-state index contributed by atoms with van der Waals surface area (Å²) in [4.78, 5) is 25.6. The fourth-order valence-corrected chi connectivity index (χ4v) is 3.77. The quantitative estimate of drug-likeness (QED) is 0.652. The number of nitrogens with one attached hydrogen (secondary N) is 1. The predicted molar refractivity (Wildman–Crippen MR) is 110 cm³/mol. The molecule has 0 saturated carbocycles. The molecular weight excluding hydrogens is 374 g/mol. The fourth-order valence-electron chi connectivity index (χ4n) is 3.59. The van der Waals surface area contributed by atoms with Gasteiger partial charge in [0.2, 0.25) is 5.91 Å². The van der Waals surface area contributed by atoms with Crippen LogP contribution in [0.1, 0.15) is 45.1 Å². The Hall–Kier alpha value is -2.92. The number of fused-ring (bicyclic) bond motifs is 1. The minimum absolute atomic E-state index is 0.0688. The topological polar surface area (TPSA) is 64.0 Å². The van der Waals surface area contributed by atoms with Gasteiger partial charge in [0.25, 0.3) is 0 Å². The molecule has 4 rings (SSSR count). The Labute approximate surface area is 168 Å². The zero-order valence-electron chi connectivity index (χ0n) is 15.9. The molecule has 28 heavy (non-hydrogen) atoms. The number of benzene rings is 2. The molecule has 1 aliphatic rings. The molecule has 0 aliphatic carbocycles. The second kappa shape index (κ2) is 6.91. The van der Waals surface area contributed by atoms with Crippen molar-refractivity contribution in [1.82, 2.24) is 9.78 Å². The van der Waals surface area contributed by atoms with Gasteiger partial charge >= 0.3 is 0 Å². The highest BCUT2D eigenvalue weighted by molar-refractivity contribution is 6.31. The van der Waals surface area contributed by atoms with Crippen LogP contribution in [0.2, 0.25) is 5.02 Å². The summed E-state index contributed by atoms with van der Waals surface area (Å²) >= 11 is 6.27. The van der Waals surface area contributed by atoms with Gasteiger partial charge in [0.15, 0.2) is 5.78 Å². The maximum atomic E-state index is 13.2. The molecule has 142 valence electrons. The average Bonchev–Trinajstić information content (AvgIpc) is 3.00. The van der Waals surface area contributed by atoms with Gasteiger partial charge in [0.05, 0.1) is 17.3 Å². The SMILES string of the molecule is Cc1ccc(C(=O)[C@@H]2CC(=O)Nc3c2c(C)nn3-c2ccc(C)c(Cl)c2)cc1. The molecule has 1 aliphatic heterocycles. The molecule has 0 saturated heterocycles. The van der Waals surface area contributed by atoms with Crippen molar-refractivity contribution in [3.8, 4) is 5.69 Å². The fraction of sp³-hybridized carbons (Fsp3) is 0.227. The molecule has 5 nitrogen and oxygen atoms in total. The van der Waals surface area contributed by atoms with Crippen LogP contribution in [0.25, 0.3) is 5.69 Å². The van der Waals surface area contributed by atoms with E-state index in [9.17, 15) is 9.59 Å². The van der Waals surface area contributed by atoms with E-state index in [2.05, 4.69) is 10.4 Å². The van der Waals surface area contributed by atoms with Gasteiger partial charge in [0.1, 0.15) is 5.82 Å². The van der Waals surface area contributed by atoms with Crippen molar-refractivity contribution in [2.75, 3.05) is 5.32 Å². The van der Waals surface area contributed by atoms with E-state index in [1.807, 2.05) is 57.2 Å². The number of carbonyl (C=O) groups excluding carboxylic acids is 2. The Balaban J connectivity index is 1.82. The predicted octanol–water partition coefficient (Wildman–Crippen LogP) is 4.76. The Morgan fingerprint density at radius 1 is 1.14 bits per heavy atom. The molecule has 2 aromatic carbocycles.